The largest absolute Gasteiger partial charge is 0.481 e. The Morgan fingerprint density at radius 2 is 1.70 bits per heavy atom. The number of hydrogen-bond donors (Lipinski definition) is 3. The molecular weight excluding hydrogens is 138 g/mol. The monoisotopic (exact) mass is 149 g/mol. The van der Waals surface area contributed by atoms with Gasteiger partial charge in [-0.25, -0.2) is 4.79 Å². The number of carboxylic acid groups (broad SMARTS) is 2. The number of nitrogens with one attached hydrogen (secondary N) is 1. The molecule has 0 aliphatic heterocycles. The normalized spacial score (nSPS) is 7.00. The van der Waals surface area contributed by atoms with E-state index in [0.717, 1.165) is 6.92 Å². The SMILES string of the molecule is CC(=O)O.CCNC(=O)O. The number of rotatable bonds is 1. The fourth-order valence-electron chi connectivity index (χ4n) is 0.151. The van der Waals surface area contributed by atoms with E-state index in [4.69, 9.17) is 15.0 Å². The van der Waals surface area contributed by atoms with Crippen molar-refractivity contribution in [2.24, 2.45) is 0 Å². The average Bonchev–Trinajstić information content (AvgIpc) is 1.62. The van der Waals surface area contributed by atoms with Gasteiger partial charge in [-0.3, -0.25) is 4.79 Å². The molecule has 0 saturated carbocycles. The fourth-order valence-corrected chi connectivity index (χ4v) is 0.151. The Hall–Kier alpha value is -1.26. The van der Waals surface area contributed by atoms with E-state index >= 15 is 0 Å². The van der Waals surface area contributed by atoms with Crippen molar-refractivity contribution < 1.29 is 19.8 Å². The molecule has 0 fully saturated rings. The van der Waals surface area contributed by atoms with Crippen LogP contribution in [0.1, 0.15) is 13.8 Å². The lowest BCUT2D eigenvalue weighted by molar-refractivity contribution is -0.134. The highest BCUT2D eigenvalue weighted by Crippen LogP contribution is 1.54. The second kappa shape index (κ2) is 7.74. The Morgan fingerprint density at radius 3 is 1.70 bits per heavy atom. The summed E-state index contributed by atoms with van der Waals surface area (Å²) >= 11 is 0. The molecule has 0 spiro atoms. The van der Waals surface area contributed by atoms with Gasteiger partial charge in [0.1, 0.15) is 0 Å². The van der Waals surface area contributed by atoms with E-state index in [1.54, 1.807) is 6.92 Å². The molecule has 3 N–H and O–H groups in total. The molecule has 0 unspecified atom stereocenters. The molecule has 0 bridgehead atoms. The molecule has 10 heavy (non-hydrogen) atoms. The van der Waals surface area contributed by atoms with Crippen molar-refractivity contribution in [3.8, 4) is 0 Å². The van der Waals surface area contributed by atoms with Crippen LogP contribution < -0.4 is 5.32 Å². The summed E-state index contributed by atoms with van der Waals surface area (Å²) < 4.78 is 0. The predicted molar refractivity (Wildman–Crippen MR) is 35.0 cm³/mol. The van der Waals surface area contributed by atoms with Crippen LogP contribution in [0.15, 0.2) is 0 Å². The zero-order valence-electron chi connectivity index (χ0n) is 5.92. The number of aliphatic carboxylic acids is 1. The Kier molecular flexibility index (Phi) is 8.92. The van der Waals surface area contributed by atoms with Gasteiger partial charge in [-0.05, 0) is 6.92 Å². The maximum Gasteiger partial charge on any atom is 0.404 e. The van der Waals surface area contributed by atoms with Crippen LogP contribution >= 0.6 is 0 Å². The molecule has 0 rings (SSSR count). The quantitative estimate of drug-likeness (QED) is 0.502. The molecule has 5 heteroatoms. The van der Waals surface area contributed by atoms with Gasteiger partial charge in [0.2, 0.25) is 0 Å². The van der Waals surface area contributed by atoms with Crippen molar-refractivity contribution in [2.45, 2.75) is 13.8 Å². The van der Waals surface area contributed by atoms with Crippen LogP contribution in [-0.2, 0) is 4.79 Å². The van der Waals surface area contributed by atoms with Crippen LogP contribution in [0.5, 0.6) is 0 Å². The van der Waals surface area contributed by atoms with Crippen molar-refractivity contribution in [3.63, 3.8) is 0 Å². The van der Waals surface area contributed by atoms with E-state index in [9.17, 15) is 4.79 Å². The lowest BCUT2D eigenvalue weighted by Crippen LogP contribution is -2.19. The van der Waals surface area contributed by atoms with E-state index < -0.39 is 12.1 Å². The molecule has 0 aromatic heterocycles. The summed E-state index contributed by atoms with van der Waals surface area (Å²) in [6.07, 6.45) is -0.961. The number of carboxylic acids is 1. The fraction of sp³-hybridized carbons (Fsp3) is 0.600. The third-order valence-electron chi connectivity index (χ3n) is 0.328. The van der Waals surface area contributed by atoms with Crippen LogP contribution in [0.4, 0.5) is 4.79 Å². The summed E-state index contributed by atoms with van der Waals surface area (Å²) in [7, 11) is 0. The first-order valence-electron chi connectivity index (χ1n) is 2.67. The van der Waals surface area contributed by atoms with Crippen LogP contribution in [0.2, 0.25) is 0 Å². The van der Waals surface area contributed by atoms with E-state index in [0.29, 0.717) is 6.54 Å². The Labute approximate surface area is 58.7 Å². The van der Waals surface area contributed by atoms with Crippen molar-refractivity contribution in [2.75, 3.05) is 6.54 Å². The van der Waals surface area contributed by atoms with Gasteiger partial charge in [-0.2, -0.15) is 0 Å². The third kappa shape index (κ3) is 73.3. The molecule has 0 aromatic rings. The zero-order valence-corrected chi connectivity index (χ0v) is 5.92. The molecule has 5 nitrogen and oxygen atoms in total. The number of amides is 1. The molecule has 60 valence electrons. The number of hydrogen-bond acceptors (Lipinski definition) is 2. The lowest BCUT2D eigenvalue weighted by atomic mass is 10.8. The third-order valence-corrected chi connectivity index (χ3v) is 0.328. The summed E-state index contributed by atoms with van der Waals surface area (Å²) in [6.45, 7) is 3.30. The highest BCUT2D eigenvalue weighted by molar-refractivity contribution is 5.64. The van der Waals surface area contributed by atoms with Gasteiger partial charge in [0.15, 0.2) is 0 Å². The molecule has 0 atom stereocenters. The zero-order chi connectivity index (χ0) is 8.57. The van der Waals surface area contributed by atoms with E-state index in [2.05, 4.69) is 5.32 Å². The summed E-state index contributed by atoms with van der Waals surface area (Å²) in [5.74, 6) is -0.833. The van der Waals surface area contributed by atoms with Gasteiger partial charge >= 0.3 is 6.09 Å². The topological polar surface area (TPSA) is 86.6 Å². The van der Waals surface area contributed by atoms with Gasteiger partial charge in [-0.15, -0.1) is 0 Å². The predicted octanol–water partition coefficient (Wildman–Crippen LogP) is 0.365. The van der Waals surface area contributed by atoms with Crippen LogP contribution in [0.25, 0.3) is 0 Å². The highest BCUT2D eigenvalue weighted by atomic mass is 16.4. The smallest absolute Gasteiger partial charge is 0.404 e. The molecule has 0 radical (unpaired) electrons. The molecule has 1 amide bonds. The van der Waals surface area contributed by atoms with Crippen molar-refractivity contribution in [3.05, 3.63) is 0 Å². The van der Waals surface area contributed by atoms with Crippen LogP contribution in [-0.4, -0.2) is 28.8 Å². The minimum Gasteiger partial charge on any atom is -0.481 e. The summed E-state index contributed by atoms with van der Waals surface area (Å²) in [4.78, 5) is 18.5. The maximum absolute atomic E-state index is 9.49. The van der Waals surface area contributed by atoms with Crippen molar-refractivity contribution in [1.82, 2.24) is 5.32 Å². The summed E-state index contributed by atoms with van der Waals surface area (Å²) in [5.41, 5.74) is 0. The average molecular weight is 149 g/mol. The summed E-state index contributed by atoms with van der Waals surface area (Å²) in [5, 5.41) is 17.3. The van der Waals surface area contributed by atoms with Crippen LogP contribution in [0.3, 0.4) is 0 Å². The minimum atomic E-state index is -0.961. The first-order chi connectivity index (χ1) is 4.50. The van der Waals surface area contributed by atoms with Gasteiger partial charge in [-0.1, -0.05) is 0 Å². The standard InChI is InChI=1S/C3H7NO2.C2H4O2/c1-2-4-3(5)6;1-2(3)4/h4H,2H2,1H3,(H,5,6);1H3,(H,3,4). The van der Waals surface area contributed by atoms with Gasteiger partial charge in [0.05, 0.1) is 0 Å². The number of carbonyl (C=O) groups is 2. The van der Waals surface area contributed by atoms with Gasteiger partial charge in [0, 0.05) is 13.5 Å². The van der Waals surface area contributed by atoms with Gasteiger partial charge < -0.3 is 15.5 Å². The summed E-state index contributed by atoms with van der Waals surface area (Å²) in [6, 6.07) is 0. The maximum atomic E-state index is 9.49. The van der Waals surface area contributed by atoms with Crippen molar-refractivity contribution in [1.29, 1.82) is 0 Å². The van der Waals surface area contributed by atoms with Gasteiger partial charge in [0.25, 0.3) is 5.97 Å². The van der Waals surface area contributed by atoms with E-state index in [1.165, 1.54) is 0 Å². The Balaban J connectivity index is 0. The van der Waals surface area contributed by atoms with Crippen molar-refractivity contribution >= 4 is 12.1 Å². The molecule has 0 aliphatic rings. The molecule has 0 aliphatic carbocycles. The van der Waals surface area contributed by atoms with Crippen LogP contribution in [0, 0.1) is 0 Å². The minimum absolute atomic E-state index is 0.481. The highest BCUT2D eigenvalue weighted by Gasteiger charge is 1.82. The Morgan fingerprint density at radius 1 is 1.40 bits per heavy atom. The lowest BCUT2D eigenvalue weighted by Gasteiger charge is -1.87. The second-order valence-corrected chi connectivity index (χ2v) is 1.35. The molecule has 0 heterocycles. The van der Waals surface area contributed by atoms with E-state index in [1.807, 2.05) is 0 Å². The molecule has 0 aromatic carbocycles. The molecular formula is C5H11NO4. The second-order valence-electron chi connectivity index (χ2n) is 1.35. The molecule has 0 saturated heterocycles. The first-order valence-corrected chi connectivity index (χ1v) is 2.67. The first kappa shape index (κ1) is 11.5. The van der Waals surface area contributed by atoms with E-state index in [-0.39, 0.29) is 0 Å². The Bertz CT molecular complexity index is 108.